The van der Waals surface area contributed by atoms with Crippen molar-refractivity contribution < 1.29 is 9.53 Å². The van der Waals surface area contributed by atoms with E-state index in [0.717, 1.165) is 12.0 Å². The van der Waals surface area contributed by atoms with Crippen molar-refractivity contribution in [2.24, 2.45) is 0 Å². The average molecular weight is 356 g/mol. The normalized spacial score (nSPS) is 16.2. The molecule has 1 aromatic heterocycles. The van der Waals surface area contributed by atoms with Crippen molar-refractivity contribution in [3.8, 4) is 0 Å². The summed E-state index contributed by atoms with van der Waals surface area (Å²) in [6.07, 6.45) is 10.7. The Morgan fingerprint density at radius 2 is 2.00 bits per heavy atom. The molecule has 0 fully saturated rings. The standard InChI is InChI=1S/C23H33NO2/c1-4-6-7-8-9-12-19-15-14-18-11-10-13-20-21(16-22(25)26-5-2)17(3)24(19)23(18)20/h10-11,13,19H,4-9,12,14-16H2,1-3H3. The molecule has 0 aliphatic carbocycles. The molecule has 2 heterocycles. The van der Waals surface area contributed by atoms with E-state index in [2.05, 4.69) is 36.6 Å². The highest BCUT2D eigenvalue weighted by molar-refractivity contribution is 5.92. The fourth-order valence-corrected chi connectivity index (χ4v) is 4.57. The van der Waals surface area contributed by atoms with E-state index in [1.165, 1.54) is 67.1 Å². The van der Waals surface area contributed by atoms with Gasteiger partial charge in [-0.1, -0.05) is 57.2 Å². The molecule has 1 aliphatic rings. The van der Waals surface area contributed by atoms with Crippen molar-refractivity contribution in [1.82, 2.24) is 4.57 Å². The van der Waals surface area contributed by atoms with E-state index in [-0.39, 0.29) is 5.97 Å². The molecular weight excluding hydrogens is 322 g/mol. The topological polar surface area (TPSA) is 31.2 Å². The summed E-state index contributed by atoms with van der Waals surface area (Å²) in [4.78, 5) is 12.1. The van der Waals surface area contributed by atoms with Gasteiger partial charge in [0.05, 0.1) is 18.5 Å². The summed E-state index contributed by atoms with van der Waals surface area (Å²) in [5.74, 6) is -0.115. The number of rotatable bonds is 9. The SMILES string of the molecule is CCCCCCCC1CCc2cccc3c(CC(=O)OCC)c(C)n1c23. The summed E-state index contributed by atoms with van der Waals surface area (Å²) in [5, 5.41) is 1.25. The Bertz CT molecular complexity index is 759. The second kappa shape index (κ2) is 8.75. The average Bonchev–Trinajstić information content (AvgIpc) is 2.91. The highest BCUT2D eigenvalue weighted by Crippen LogP contribution is 2.39. The van der Waals surface area contributed by atoms with Crippen molar-refractivity contribution in [1.29, 1.82) is 0 Å². The summed E-state index contributed by atoms with van der Waals surface area (Å²) in [7, 11) is 0. The molecule has 3 nitrogen and oxygen atoms in total. The number of benzene rings is 1. The quantitative estimate of drug-likeness (QED) is 0.414. The number of nitrogens with zero attached hydrogens (tertiary/aromatic N) is 1. The fraction of sp³-hybridized carbons (Fsp3) is 0.609. The smallest absolute Gasteiger partial charge is 0.310 e. The van der Waals surface area contributed by atoms with Crippen LogP contribution in [0.3, 0.4) is 0 Å². The number of aryl methyl sites for hydroxylation is 1. The number of aromatic nitrogens is 1. The van der Waals surface area contributed by atoms with Gasteiger partial charge in [0, 0.05) is 17.1 Å². The lowest BCUT2D eigenvalue weighted by Crippen LogP contribution is -2.17. The maximum absolute atomic E-state index is 12.1. The number of hydrogen-bond acceptors (Lipinski definition) is 2. The van der Waals surface area contributed by atoms with Crippen LogP contribution in [-0.4, -0.2) is 17.1 Å². The highest BCUT2D eigenvalue weighted by atomic mass is 16.5. The zero-order chi connectivity index (χ0) is 18.5. The van der Waals surface area contributed by atoms with Crippen LogP contribution in [0.15, 0.2) is 18.2 Å². The minimum atomic E-state index is -0.115. The molecule has 26 heavy (non-hydrogen) atoms. The zero-order valence-electron chi connectivity index (χ0n) is 16.6. The van der Waals surface area contributed by atoms with Gasteiger partial charge in [-0.15, -0.1) is 0 Å². The summed E-state index contributed by atoms with van der Waals surface area (Å²) >= 11 is 0. The number of carbonyl (C=O) groups excluding carboxylic acids is 1. The number of unbranched alkanes of at least 4 members (excludes halogenated alkanes) is 4. The van der Waals surface area contributed by atoms with Gasteiger partial charge in [0.15, 0.2) is 0 Å². The molecule has 0 spiro atoms. The van der Waals surface area contributed by atoms with E-state index in [9.17, 15) is 4.79 Å². The molecule has 3 heteroatoms. The van der Waals surface area contributed by atoms with E-state index in [1.54, 1.807) is 0 Å². The van der Waals surface area contributed by atoms with E-state index in [1.807, 2.05) is 6.92 Å². The van der Waals surface area contributed by atoms with E-state index < -0.39 is 0 Å². The van der Waals surface area contributed by atoms with E-state index in [4.69, 9.17) is 4.74 Å². The van der Waals surface area contributed by atoms with Crippen LogP contribution in [0.1, 0.15) is 81.7 Å². The van der Waals surface area contributed by atoms with Gasteiger partial charge in [0.25, 0.3) is 0 Å². The largest absolute Gasteiger partial charge is 0.466 e. The molecule has 1 atom stereocenters. The highest BCUT2D eigenvalue weighted by Gasteiger charge is 2.26. The summed E-state index contributed by atoms with van der Waals surface area (Å²) in [5.41, 5.74) is 5.23. The van der Waals surface area contributed by atoms with Crippen LogP contribution in [0.4, 0.5) is 0 Å². The minimum absolute atomic E-state index is 0.115. The third kappa shape index (κ3) is 3.82. The Labute approximate surface area is 157 Å². The molecule has 1 aliphatic heterocycles. The first-order chi connectivity index (χ1) is 12.7. The number of para-hydroxylation sites is 1. The molecule has 1 aromatic carbocycles. The predicted octanol–water partition coefficient (Wildman–Crippen LogP) is 5.90. The molecule has 1 unspecified atom stereocenters. The second-order valence-corrected chi connectivity index (χ2v) is 7.62. The van der Waals surface area contributed by atoms with Crippen molar-refractivity contribution in [2.45, 2.75) is 84.6 Å². The molecule has 0 saturated carbocycles. The first-order valence-corrected chi connectivity index (χ1v) is 10.4. The molecule has 0 radical (unpaired) electrons. The molecule has 0 saturated heterocycles. The van der Waals surface area contributed by atoms with Gasteiger partial charge in [0.2, 0.25) is 0 Å². The number of carbonyl (C=O) groups is 1. The third-order valence-corrected chi connectivity index (χ3v) is 5.86. The molecule has 3 rings (SSSR count). The van der Waals surface area contributed by atoms with Crippen LogP contribution in [0, 0.1) is 6.92 Å². The van der Waals surface area contributed by atoms with E-state index >= 15 is 0 Å². The fourth-order valence-electron chi connectivity index (χ4n) is 4.57. The maximum Gasteiger partial charge on any atom is 0.310 e. The van der Waals surface area contributed by atoms with Gasteiger partial charge in [-0.25, -0.2) is 0 Å². The Kier molecular flexibility index (Phi) is 6.39. The zero-order valence-corrected chi connectivity index (χ0v) is 16.6. The molecular formula is C23H33NO2. The van der Waals surface area contributed by atoms with Crippen molar-refractivity contribution in [2.75, 3.05) is 6.61 Å². The van der Waals surface area contributed by atoms with Crippen LogP contribution in [0.25, 0.3) is 10.9 Å². The summed E-state index contributed by atoms with van der Waals surface area (Å²) in [6, 6.07) is 7.15. The van der Waals surface area contributed by atoms with Gasteiger partial charge in [0.1, 0.15) is 0 Å². The lowest BCUT2D eigenvalue weighted by Gasteiger charge is -2.27. The molecule has 0 amide bonds. The van der Waals surface area contributed by atoms with Crippen LogP contribution in [0.5, 0.6) is 0 Å². The number of ether oxygens (including phenoxy) is 1. The van der Waals surface area contributed by atoms with Crippen LogP contribution < -0.4 is 0 Å². The van der Waals surface area contributed by atoms with Gasteiger partial charge >= 0.3 is 5.97 Å². The van der Waals surface area contributed by atoms with Crippen LogP contribution >= 0.6 is 0 Å². The Morgan fingerprint density at radius 3 is 2.77 bits per heavy atom. The van der Waals surface area contributed by atoms with Gasteiger partial charge in [-0.3, -0.25) is 4.79 Å². The van der Waals surface area contributed by atoms with Crippen molar-refractivity contribution >= 4 is 16.9 Å². The molecule has 142 valence electrons. The summed E-state index contributed by atoms with van der Waals surface area (Å²) < 4.78 is 7.76. The van der Waals surface area contributed by atoms with E-state index in [0.29, 0.717) is 19.1 Å². The Balaban J connectivity index is 1.87. The first kappa shape index (κ1) is 19.0. The second-order valence-electron chi connectivity index (χ2n) is 7.62. The maximum atomic E-state index is 12.1. The van der Waals surface area contributed by atoms with Crippen LogP contribution in [0.2, 0.25) is 0 Å². The summed E-state index contributed by atoms with van der Waals surface area (Å²) in [6.45, 7) is 6.77. The number of esters is 1. The molecule has 0 bridgehead atoms. The lowest BCUT2D eigenvalue weighted by molar-refractivity contribution is -0.142. The molecule has 2 aromatic rings. The van der Waals surface area contributed by atoms with Crippen molar-refractivity contribution in [3.63, 3.8) is 0 Å². The third-order valence-electron chi connectivity index (χ3n) is 5.86. The monoisotopic (exact) mass is 355 g/mol. The minimum Gasteiger partial charge on any atom is -0.466 e. The predicted molar refractivity (Wildman–Crippen MR) is 108 cm³/mol. The number of hydrogen-bond donors (Lipinski definition) is 0. The Hall–Kier alpha value is -1.77. The lowest BCUT2D eigenvalue weighted by atomic mass is 9.94. The van der Waals surface area contributed by atoms with Gasteiger partial charge in [-0.05, 0) is 44.2 Å². The first-order valence-electron chi connectivity index (χ1n) is 10.4. The van der Waals surface area contributed by atoms with Gasteiger partial charge < -0.3 is 9.30 Å². The van der Waals surface area contributed by atoms with Gasteiger partial charge in [-0.2, -0.15) is 0 Å². The van der Waals surface area contributed by atoms with Crippen molar-refractivity contribution in [3.05, 3.63) is 35.0 Å². The molecule has 0 N–H and O–H groups in total. The van der Waals surface area contributed by atoms with Crippen LogP contribution in [-0.2, 0) is 22.4 Å². The Morgan fingerprint density at radius 1 is 1.19 bits per heavy atom.